The zero-order valence-corrected chi connectivity index (χ0v) is 12.9. The molecule has 4 aliphatic rings. The maximum Gasteiger partial charge on any atom is 0.317 e. The summed E-state index contributed by atoms with van der Waals surface area (Å²) in [5.41, 5.74) is 0. The van der Waals surface area contributed by atoms with Crippen molar-refractivity contribution in [3.05, 3.63) is 0 Å². The van der Waals surface area contributed by atoms with Gasteiger partial charge in [-0.3, -0.25) is 19.2 Å². The Balaban J connectivity index is 1.36. The van der Waals surface area contributed by atoms with Crippen molar-refractivity contribution in [1.82, 2.24) is 0 Å². The Morgan fingerprint density at radius 3 is 2.00 bits per heavy atom. The number of ether oxygens (including phenoxy) is 2. The van der Waals surface area contributed by atoms with Crippen LogP contribution >= 0.6 is 0 Å². The molecule has 6 unspecified atom stereocenters. The average molecular weight is 320 g/mol. The third-order valence-electron chi connectivity index (χ3n) is 5.97. The molecule has 0 amide bonds. The van der Waals surface area contributed by atoms with Crippen LogP contribution in [0.15, 0.2) is 0 Å². The molecule has 1 aliphatic heterocycles. The second-order valence-corrected chi connectivity index (χ2v) is 7.28. The third-order valence-corrected chi connectivity index (χ3v) is 5.97. The fourth-order valence-electron chi connectivity index (χ4n) is 4.75. The number of rotatable bonds is 2. The summed E-state index contributed by atoms with van der Waals surface area (Å²) in [4.78, 5) is 46.9. The van der Waals surface area contributed by atoms with E-state index in [2.05, 4.69) is 0 Å². The number of esters is 2. The maximum atomic E-state index is 11.9. The van der Waals surface area contributed by atoms with Crippen LogP contribution in [0.5, 0.6) is 0 Å². The lowest BCUT2D eigenvalue weighted by molar-refractivity contribution is -0.154. The number of Topliss-reactive ketones (excluding diaryl/α,β-unsaturated/α-hetero) is 2. The Kier molecular flexibility index (Phi) is 3.59. The SMILES string of the molecule is O=C1CC(=O)C2CC(OC3CCC4C(=O)OC(=O)C4C3)CCC12. The minimum absolute atomic E-state index is 0.0271. The number of carbonyl (C=O) groups excluding carboxylic acids is 4. The van der Waals surface area contributed by atoms with E-state index in [0.717, 1.165) is 19.3 Å². The minimum Gasteiger partial charge on any atom is -0.393 e. The van der Waals surface area contributed by atoms with Crippen molar-refractivity contribution >= 4 is 23.5 Å². The summed E-state index contributed by atoms with van der Waals surface area (Å²) in [6.45, 7) is 0. The molecule has 4 fully saturated rings. The standard InChI is InChI=1S/C17H20O6/c18-14-7-15(19)12-5-8(1-3-10(12)14)22-9-2-4-11-13(6-9)17(21)23-16(11)20/h8-13H,1-7H2. The topological polar surface area (TPSA) is 86.7 Å². The van der Waals surface area contributed by atoms with E-state index in [1.54, 1.807) is 0 Å². The lowest BCUT2D eigenvalue weighted by atomic mass is 9.78. The quantitative estimate of drug-likeness (QED) is 0.561. The summed E-state index contributed by atoms with van der Waals surface area (Å²) in [5, 5.41) is 0. The van der Waals surface area contributed by atoms with E-state index >= 15 is 0 Å². The molecule has 1 saturated heterocycles. The van der Waals surface area contributed by atoms with Gasteiger partial charge in [-0.2, -0.15) is 0 Å². The molecule has 3 aliphatic carbocycles. The van der Waals surface area contributed by atoms with Gasteiger partial charge in [0.05, 0.1) is 30.5 Å². The molecule has 0 N–H and O–H groups in total. The summed E-state index contributed by atoms with van der Waals surface area (Å²) in [7, 11) is 0. The number of fused-ring (bicyclic) bond motifs is 2. The Labute approximate surface area is 133 Å². The van der Waals surface area contributed by atoms with E-state index < -0.39 is 11.9 Å². The van der Waals surface area contributed by atoms with Crippen LogP contribution in [0.4, 0.5) is 0 Å². The first-order chi connectivity index (χ1) is 11.0. The molecule has 6 heteroatoms. The van der Waals surface area contributed by atoms with Crippen LogP contribution in [0.25, 0.3) is 0 Å². The Hall–Kier alpha value is -1.56. The van der Waals surface area contributed by atoms with Crippen LogP contribution in [0.3, 0.4) is 0 Å². The van der Waals surface area contributed by atoms with Crippen LogP contribution in [0.2, 0.25) is 0 Å². The first kappa shape index (κ1) is 15.0. The van der Waals surface area contributed by atoms with Crippen molar-refractivity contribution < 1.29 is 28.7 Å². The molecule has 6 atom stereocenters. The number of ketones is 2. The van der Waals surface area contributed by atoms with Gasteiger partial charge in [0.1, 0.15) is 11.6 Å². The predicted molar refractivity (Wildman–Crippen MR) is 76.1 cm³/mol. The van der Waals surface area contributed by atoms with Crippen LogP contribution in [0, 0.1) is 23.7 Å². The second kappa shape index (κ2) is 5.51. The first-order valence-electron chi connectivity index (χ1n) is 8.49. The molecule has 0 radical (unpaired) electrons. The number of hydrogen-bond acceptors (Lipinski definition) is 6. The summed E-state index contributed by atoms with van der Waals surface area (Å²) in [5.74, 6) is -1.61. The number of carbonyl (C=O) groups is 4. The lowest BCUT2D eigenvalue weighted by Gasteiger charge is -2.35. The van der Waals surface area contributed by atoms with Crippen molar-refractivity contribution in [3.8, 4) is 0 Å². The zero-order valence-electron chi connectivity index (χ0n) is 12.9. The highest BCUT2D eigenvalue weighted by atomic mass is 16.6. The van der Waals surface area contributed by atoms with E-state index in [-0.39, 0.29) is 53.9 Å². The van der Waals surface area contributed by atoms with Crippen molar-refractivity contribution in [1.29, 1.82) is 0 Å². The molecular formula is C17H20O6. The monoisotopic (exact) mass is 320 g/mol. The van der Waals surface area contributed by atoms with Crippen LogP contribution < -0.4 is 0 Å². The molecule has 3 saturated carbocycles. The van der Waals surface area contributed by atoms with Gasteiger partial charge in [-0.25, -0.2) is 0 Å². The largest absolute Gasteiger partial charge is 0.393 e. The summed E-state index contributed by atoms with van der Waals surface area (Å²) in [6, 6.07) is 0. The van der Waals surface area contributed by atoms with Crippen molar-refractivity contribution in [2.24, 2.45) is 23.7 Å². The Morgan fingerprint density at radius 1 is 0.696 bits per heavy atom. The van der Waals surface area contributed by atoms with Crippen LogP contribution in [-0.4, -0.2) is 35.7 Å². The lowest BCUT2D eigenvalue weighted by Crippen LogP contribution is -2.37. The van der Waals surface area contributed by atoms with E-state index in [1.807, 2.05) is 0 Å². The van der Waals surface area contributed by atoms with E-state index in [0.29, 0.717) is 19.3 Å². The molecule has 6 nitrogen and oxygen atoms in total. The number of cyclic esters (lactones) is 2. The van der Waals surface area contributed by atoms with Crippen molar-refractivity contribution in [2.75, 3.05) is 0 Å². The molecule has 1 heterocycles. The molecular weight excluding hydrogens is 300 g/mol. The van der Waals surface area contributed by atoms with Gasteiger partial charge in [-0.15, -0.1) is 0 Å². The van der Waals surface area contributed by atoms with E-state index in [4.69, 9.17) is 9.47 Å². The van der Waals surface area contributed by atoms with Gasteiger partial charge in [0.2, 0.25) is 0 Å². The molecule has 0 aromatic heterocycles. The highest BCUT2D eigenvalue weighted by Gasteiger charge is 2.49. The predicted octanol–water partition coefficient (Wildman–Crippen LogP) is 1.20. The smallest absolute Gasteiger partial charge is 0.317 e. The fourth-order valence-corrected chi connectivity index (χ4v) is 4.75. The van der Waals surface area contributed by atoms with E-state index in [9.17, 15) is 19.2 Å². The minimum atomic E-state index is -0.423. The van der Waals surface area contributed by atoms with Gasteiger partial charge in [-0.05, 0) is 38.5 Å². The van der Waals surface area contributed by atoms with Crippen molar-refractivity contribution in [2.45, 2.75) is 57.2 Å². The van der Waals surface area contributed by atoms with Crippen molar-refractivity contribution in [3.63, 3.8) is 0 Å². The van der Waals surface area contributed by atoms with Crippen LogP contribution in [-0.2, 0) is 28.7 Å². The highest BCUT2D eigenvalue weighted by Crippen LogP contribution is 2.42. The summed E-state index contributed by atoms with van der Waals surface area (Å²) in [6.07, 6.45) is 3.99. The fraction of sp³-hybridized carbons (Fsp3) is 0.765. The van der Waals surface area contributed by atoms with Gasteiger partial charge < -0.3 is 9.47 Å². The normalized spacial score (nSPS) is 43.3. The molecule has 0 bridgehead atoms. The molecule has 0 spiro atoms. The average Bonchev–Trinajstić information content (AvgIpc) is 2.96. The Morgan fingerprint density at radius 2 is 1.26 bits per heavy atom. The van der Waals surface area contributed by atoms with Gasteiger partial charge in [0, 0.05) is 11.8 Å². The molecule has 4 rings (SSSR count). The molecule has 124 valence electrons. The maximum absolute atomic E-state index is 11.9. The second-order valence-electron chi connectivity index (χ2n) is 7.28. The van der Waals surface area contributed by atoms with E-state index in [1.165, 1.54) is 0 Å². The van der Waals surface area contributed by atoms with Gasteiger partial charge in [0.15, 0.2) is 0 Å². The van der Waals surface area contributed by atoms with Gasteiger partial charge in [-0.1, -0.05) is 0 Å². The summed E-state index contributed by atoms with van der Waals surface area (Å²) >= 11 is 0. The third kappa shape index (κ3) is 2.53. The first-order valence-corrected chi connectivity index (χ1v) is 8.49. The van der Waals surface area contributed by atoms with Crippen LogP contribution in [0.1, 0.15) is 44.9 Å². The Bertz CT molecular complexity index is 532. The molecule has 23 heavy (non-hydrogen) atoms. The van der Waals surface area contributed by atoms with Gasteiger partial charge >= 0.3 is 11.9 Å². The summed E-state index contributed by atoms with van der Waals surface area (Å²) < 4.78 is 10.8. The zero-order chi connectivity index (χ0) is 16.1. The highest BCUT2D eigenvalue weighted by molar-refractivity contribution is 6.08. The molecule has 0 aromatic carbocycles. The molecule has 0 aromatic rings. The number of hydrogen-bond donors (Lipinski definition) is 0. The van der Waals surface area contributed by atoms with Gasteiger partial charge in [0.25, 0.3) is 0 Å².